The van der Waals surface area contributed by atoms with Crippen LogP contribution in [-0.2, 0) is 6.54 Å². The molecule has 4 rings (SSSR count). The molecule has 3 aromatic rings. The number of halogens is 2. The molecule has 6 heteroatoms. The number of rotatable bonds is 3. The van der Waals surface area contributed by atoms with E-state index < -0.39 is 23.2 Å². The van der Waals surface area contributed by atoms with Crippen LogP contribution in [0.4, 0.5) is 14.5 Å². The minimum absolute atomic E-state index is 0.0863. The standard InChI is InChI=1S/C22H17F2NO3/c1-10-6-14-15(7-11(10)2)22-19(21(27)20(14)26)12(3)18(28-22)9-25-17-5-4-13(23)8-16(17)24/h4-8,25H,9H2,1-3H3. The highest BCUT2D eigenvalue weighted by molar-refractivity contribution is 6.53. The van der Waals surface area contributed by atoms with Crippen LogP contribution < -0.4 is 5.32 Å². The fraction of sp³-hybridized carbons (Fsp3) is 0.182. The first-order chi connectivity index (χ1) is 13.3. The molecular weight excluding hydrogens is 364 g/mol. The molecule has 0 aliphatic heterocycles. The van der Waals surface area contributed by atoms with Gasteiger partial charge < -0.3 is 9.73 Å². The van der Waals surface area contributed by atoms with Crippen LogP contribution in [0.1, 0.15) is 43.2 Å². The lowest BCUT2D eigenvalue weighted by Gasteiger charge is -2.15. The smallest absolute Gasteiger partial charge is 0.237 e. The van der Waals surface area contributed by atoms with Gasteiger partial charge in [0.25, 0.3) is 0 Å². The van der Waals surface area contributed by atoms with Crippen molar-refractivity contribution in [2.24, 2.45) is 0 Å². The SMILES string of the molecule is Cc1cc2c(cc1C)-c1oc(CNc3ccc(F)cc3F)c(C)c1C(=O)C2=O. The maximum Gasteiger partial charge on any atom is 0.237 e. The summed E-state index contributed by atoms with van der Waals surface area (Å²) in [5, 5.41) is 2.85. The number of fused-ring (bicyclic) bond motifs is 3. The number of furan rings is 1. The quantitative estimate of drug-likeness (QED) is 0.638. The molecule has 0 atom stereocenters. The lowest BCUT2D eigenvalue weighted by atomic mass is 9.85. The lowest BCUT2D eigenvalue weighted by molar-refractivity contribution is 0.0814. The number of carbonyl (C=O) groups excluding carboxylic acids is 2. The fourth-order valence-corrected chi connectivity index (χ4v) is 3.43. The molecule has 0 unspecified atom stereocenters. The van der Waals surface area contributed by atoms with E-state index in [0.717, 1.165) is 23.3 Å². The molecule has 142 valence electrons. The summed E-state index contributed by atoms with van der Waals surface area (Å²) < 4.78 is 32.8. The Kier molecular flexibility index (Phi) is 4.14. The van der Waals surface area contributed by atoms with Crippen LogP contribution in [0, 0.1) is 32.4 Å². The summed E-state index contributed by atoms with van der Waals surface area (Å²) in [5.74, 6) is -1.78. The van der Waals surface area contributed by atoms with Gasteiger partial charge in [0.15, 0.2) is 0 Å². The van der Waals surface area contributed by atoms with E-state index in [1.165, 1.54) is 6.07 Å². The van der Waals surface area contributed by atoms with Gasteiger partial charge in [0.2, 0.25) is 11.6 Å². The van der Waals surface area contributed by atoms with Gasteiger partial charge in [0.05, 0.1) is 17.8 Å². The first-order valence-corrected chi connectivity index (χ1v) is 8.79. The predicted molar refractivity (Wildman–Crippen MR) is 101 cm³/mol. The minimum atomic E-state index is -0.725. The van der Waals surface area contributed by atoms with E-state index in [0.29, 0.717) is 28.2 Å². The number of anilines is 1. The summed E-state index contributed by atoms with van der Waals surface area (Å²) in [4.78, 5) is 25.2. The highest BCUT2D eigenvalue weighted by atomic mass is 19.1. The van der Waals surface area contributed by atoms with Crippen molar-refractivity contribution in [3.05, 3.63) is 75.5 Å². The molecular formula is C22H17F2NO3. The highest BCUT2D eigenvalue weighted by Gasteiger charge is 2.36. The van der Waals surface area contributed by atoms with Crippen molar-refractivity contribution in [3.63, 3.8) is 0 Å². The van der Waals surface area contributed by atoms with E-state index in [-0.39, 0.29) is 17.8 Å². The molecule has 0 spiro atoms. The number of nitrogens with one attached hydrogen (secondary N) is 1. The molecule has 0 saturated carbocycles. The van der Waals surface area contributed by atoms with E-state index >= 15 is 0 Å². The van der Waals surface area contributed by atoms with Crippen LogP contribution in [0.3, 0.4) is 0 Å². The monoisotopic (exact) mass is 381 g/mol. The van der Waals surface area contributed by atoms with Crippen molar-refractivity contribution < 1.29 is 22.8 Å². The molecule has 0 amide bonds. The number of hydrogen-bond donors (Lipinski definition) is 1. The molecule has 0 fully saturated rings. The van der Waals surface area contributed by atoms with Gasteiger partial charge in [-0.2, -0.15) is 0 Å². The Hall–Kier alpha value is -3.28. The second-order valence-electron chi connectivity index (χ2n) is 6.97. The minimum Gasteiger partial charge on any atom is -0.458 e. The second-order valence-corrected chi connectivity index (χ2v) is 6.97. The molecule has 1 aliphatic rings. The molecule has 1 aliphatic carbocycles. The summed E-state index contributed by atoms with van der Waals surface area (Å²) in [6, 6.07) is 6.77. The van der Waals surface area contributed by atoms with Crippen LogP contribution in [0.2, 0.25) is 0 Å². The zero-order valence-electron chi connectivity index (χ0n) is 15.6. The van der Waals surface area contributed by atoms with Crippen LogP contribution >= 0.6 is 0 Å². The number of carbonyl (C=O) groups is 2. The van der Waals surface area contributed by atoms with Gasteiger partial charge in [-0.05, 0) is 56.2 Å². The largest absolute Gasteiger partial charge is 0.458 e. The third-order valence-corrected chi connectivity index (χ3v) is 5.17. The van der Waals surface area contributed by atoms with Crippen molar-refractivity contribution in [1.82, 2.24) is 0 Å². The predicted octanol–water partition coefficient (Wildman–Crippen LogP) is 5.14. The van der Waals surface area contributed by atoms with Gasteiger partial charge in [0, 0.05) is 22.8 Å². The van der Waals surface area contributed by atoms with Crippen LogP contribution in [-0.4, -0.2) is 11.6 Å². The van der Waals surface area contributed by atoms with Crippen molar-refractivity contribution in [2.75, 3.05) is 5.32 Å². The van der Waals surface area contributed by atoms with Crippen molar-refractivity contribution in [1.29, 1.82) is 0 Å². The summed E-state index contributed by atoms with van der Waals surface area (Å²) in [6.45, 7) is 5.58. The zero-order valence-corrected chi connectivity index (χ0v) is 15.6. The number of ketones is 2. The van der Waals surface area contributed by atoms with E-state index in [1.807, 2.05) is 19.9 Å². The summed E-state index contributed by atoms with van der Waals surface area (Å²) in [5.41, 5.74) is 3.71. The van der Waals surface area contributed by atoms with Crippen LogP contribution in [0.25, 0.3) is 11.3 Å². The van der Waals surface area contributed by atoms with Crippen molar-refractivity contribution >= 4 is 17.3 Å². The van der Waals surface area contributed by atoms with E-state index in [2.05, 4.69) is 5.32 Å². The Morgan fingerprint density at radius 3 is 2.29 bits per heavy atom. The molecule has 1 aromatic heterocycles. The molecule has 1 N–H and O–H groups in total. The molecule has 1 heterocycles. The normalized spacial score (nSPS) is 12.8. The van der Waals surface area contributed by atoms with Gasteiger partial charge in [-0.15, -0.1) is 0 Å². The second kappa shape index (κ2) is 6.41. The average Bonchev–Trinajstić information content (AvgIpc) is 2.97. The molecule has 0 radical (unpaired) electrons. The number of aryl methyl sites for hydroxylation is 2. The van der Waals surface area contributed by atoms with Gasteiger partial charge >= 0.3 is 0 Å². The van der Waals surface area contributed by atoms with Gasteiger partial charge in [-0.25, -0.2) is 8.78 Å². The Morgan fingerprint density at radius 1 is 0.929 bits per heavy atom. The topological polar surface area (TPSA) is 59.3 Å². The Labute approximate surface area is 160 Å². The maximum atomic E-state index is 13.8. The Bertz CT molecular complexity index is 1160. The summed E-state index contributed by atoms with van der Waals surface area (Å²) in [7, 11) is 0. The van der Waals surface area contributed by atoms with E-state index in [4.69, 9.17) is 4.42 Å². The van der Waals surface area contributed by atoms with Gasteiger partial charge in [-0.3, -0.25) is 9.59 Å². The number of Topliss-reactive ketones (excluding diaryl/α,β-unsaturated/α-hetero) is 2. The van der Waals surface area contributed by atoms with Gasteiger partial charge in [0.1, 0.15) is 23.2 Å². The maximum absolute atomic E-state index is 13.8. The number of benzene rings is 2. The molecule has 0 saturated heterocycles. The first-order valence-electron chi connectivity index (χ1n) is 8.79. The molecule has 28 heavy (non-hydrogen) atoms. The van der Waals surface area contributed by atoms with E-state index in [1.54, 1.807) is 13.0 Å². The molecule has 0 bridgehead atoms. The first kappa shape index (κ1) is 18.1. The molecule has 2 aromatic carbocycles. The Morgan fingerprint density at radius 2 is 1.61 bits per heavy atom. The Balaban J connectivity index is 1.76. The molecule has 4 nitrogen and oxygen atoms in total. The highest BCUT2D eigenvalue weighted by Crippen LogP contribution is 2.39. The van der Waals surface area contributed by atoms with Crippen molar-refractivity contribution in [3.8, 4) is 11.3 Å². The van der Waals surface area contributed by atoms with Crippen LogP contribution in [0.15, 0.2) is 34.7 Å². The average molecular weight is 381 g/mol. The number of hydrogen-bond acceptors (Lipinski definition) is 4. The van der Waals surface area contributed by atoms with E-state index in [9.17, 15) is 18.4 Å². The van der Waals surface area contributed by atoms with Crippen molar-refractivity contribution in [2.45, 2.75) is 27.3 Å². The lowest BCUT2D eigenvalue weighted by Crippen LogP contribution is -2.21. The summed E-state index contributed by atoms with van der Waals surface area (Å²) in [6.07, 6.45) is 0. The third-order valence-electron chi connectivity index (χ3n) is 5.17. The van der Waals surface area contributed by atoms with Gasteiger partial charge in [-0.1, -0.05) is 0 Å². The zero-order chi connectivity index (χ0) is 20.2. The van der Waals surface area contributed by atoms with Crippen LogP contribution in [0.5, 0.6) is 0 Å². The summed E-state index contributed by atoms with van der Waals surface area (Å²) >= 11 is 0. The fourth-order valence-electron chi connectivity index (χ4n) is 3.43. The third kappa shape index (κ3) is 2.72.